The highest BCUT2D eigenvalue weighted by Crippen LogP contribution is 2.25. The third kappa shape index (κ3) is 2.85. The number of nitrogens with one attached hydrogen (secondary N) is 1. The molecule has 1 aromatic rings. The molecule has 7 nitrogen and oxygen atoms in total. The van der Waals surface area contributed by atoms with Crippen molar-refractivity contribution in [2.24, 2.45) is 5.84 Å². The first-order valence-corrected chi connectivity index (χ1v) is 8.45. The number of anilines is 2. The van der Waals surface area contributed by atoms with Gasteiger partial charge in [-0.05, 0) is 0 Å². The van der Waals surface area contributed by atoms with Gasteiger partial charge in [0.15, 0.2) is 21.5 Å². The summed E-state index contributed by atoms with van der Waals surface area (Å²) in [6.45, 7) is 0.630. The van der Waals surface area contributed by atoms with Crippen LogP contribution in [0.5, 0.6) is 0 Å². The highest BCUT2D eigenvalue weighted by molar-refractivity contribution is 8.01. The van der Waals surface area contributed by atoms with Crippen molar-refractivity contribution in [1.82, 2.24) is 9.97 Å². The third-order valence-corrected chi connectivity index (χ3v) is 5.29. The van der Waals surface area contributed by atoms with Crippen LogP contribution in [0.1, 0.15) is 0 Å². The van der Waals surface area contributed by atoms with Crippen molar-refractivity contribution in [1.29, 1.82) is 0 Å². The maximum absolute atomic E-state index is 11.8. The van der Waals surface area contributed by atoms with Crippen molar-refractivity contribution in [2.75, 3.05) is 34.6 Å². The van der Waals surface area contributed by atoms with Crippen molar-refractivity contribution < 1.29 is 8.42 Å². The van der Waals surface area contributed by atoms with Gasteiger partial charge in [-0.3, -0.25) is 4.98 Å². The number of hydrazine groups is 1. The standard InChI is InChI=1S/C9H15N5O2S2/c1-18(15,16)9-6-17-3-2-14(9)8-5-11-4-7(12-8)13-10/h4-5,9H,2-3,6,10H2,1H3,(H,12,13). The smallest absolute Gasteiger partial charge is 0.169 e. The van der Waals surface area contributed by atoms with E-state index in [1.165, 1.54) is 12.5 Å². The number of nitrogen functional groups attached to an aromatic ring is 1. The van der Waals surface area contributed by atoms with Crippen LogP contribution in [0.4, 0.5) is 11.6 Å². The Bertz CT molecular complexity index is 521. The Hall–Kier alpha value is -1.06. The van der Waals surface area contributed by atoms with E-state index in [1.807, 2.05) is 0 Å². The Morgan fingerprint density at radius 3 is 3.00 bits per heavy atom. The molecule has 1 aromatic heterocycles. The largest absolute Gasteiger partial charge is 0.337 e. The summed E-state index contributed by atoms with van der Waals surface area (Å²) in [5.74, 6) is 7.63. The fraction of sp³-hybridized carbons (Fsp3) is 0.556. The van der Waals surface area contributed by atoms with Crippen LogP contribution in [0.3, 0.4) is 0 Å². The molecule has 0 amide bonds. The van der Waals surface area contributed by atoms with Gasteiger partial charge in [-0.15, -0.1) is 0 Å². The fourth-order valence-electron chi connectivity index (χ4n) is 1.76. The average Bonchev–Trinajstić information content (AvgIpc) is 2.38. The minimum absolute atomic E-state index is 0.415. The lowest BCUT2D eigenvalue weighted by Gasteiger charge is -2.34. The van der Waals surface area contributed by atoms with Gasteiger partial charge in [-0.1, -0.05) is 0 Å². The zero-order chi connectivity index (χ0) is 13.2. The van der Waals surface area contributed by atoms with E-state index in [4.69, 9.17) is 5.84 Å². The average molecular weight is 289 g/mol. The molecule has 1 saturated heterocycles. The molecular formula is C9H15N5O2S2. The van der Waals surface area contributed by atoms with Gasteiger partial charge in [-0.2, -0.15) is 11.8 Å². The molecule has 1 aliphatic heterocycles. The Kier molecular flexibility index (Phi) is 3.93. The second-order valence-electron chi connectivity index (χ2n) is 3.96. The van der Waals surface area contributed by atoms with Crippen molar-refractivity contribution in [3.8, 4) is 0 Å². The highest BCUT2D eigenvalue weighted by Gasteiger charge is 2.32. The lowest BCUT2D eigenvalue weighted by atomic mass is 10.4. The Labute approximate surface area is 110 Å². The van der Waals surface area contributed by atoms with Gasteiger partial charge in [0.2, 0.25) is 0 Å². The summed E-state index contributed by atoms with van der Waals surface area (Å²) in [5.41, 5.74) is 2.41. The minimum Gasteiger partial charge on any atom is -0.337 e. The highest BCUT2D eigenvalue weighted by atomic mass is 32.2. The molecule has 1 aliphatic rings. The number of rotatable bonds is 3. The van der Waals surface area contributed by atoms with Gasteiger partial charge in [0.25, 0.3) is 0 Å². The lowest BCUT2D eigenvalue weighted by Crippen LogP contribution is -2.47. The summed E-state index contributed by atoms with van der Waals surface area (Å²) in [5, 5.41) is -0.557. The molecule has 100 valence electrons. The molecule has 1 atom stereocenters. The summed E-state index contributed by atoms with van der Waals surface area (Å²) < 4.78 is 23.6. The quantitative estimate of drug-likeness (QED) is 0.577. The molecule has 1 unspecified atom stereocenters. The molecular weight excluding hydrogens is 274 g/mol. The van der Waals surface area contributed by atoms with E-state index in [9.17, 15) is 8.42 Å². The SMILES string of the molecule is CS(=O)(=O)C1CSCCN1c1cncc(NN)n1. The number of nitrogens with two attached hydrogens (primary N) is 1. The molecule has 0 aliphatic carbocycles. The maximum atomic E-state index is 11.8. The summed E-state index contributed by atoms with van der Waals surface area (Å²) in [6, 6.07) is 0. The second kappa shape index (κ2) is 5.29. The minimum atomic E-state index is -3.16. The monoisotopic (exact) mass is 289 g/mol. The number of nitrogens with zero attached hydrogens (tertiary/aromatic N) is 3. The van der Waals surface area contributed by atoms with E-state index in [0.717, 1.165) is 5.75 Å². The van der Waals surface area contributed by atoms with E-state index in [1.54, 1.807) is 22.9 Å². The van der Waals surface area contributed by atoms with Gasteiger partial charge in [0.05, 0.1) is 12.4 Å². The molecule has 0 saturated carbocycles. The molecule has 0 radical (unpaired) electrons. The fourth-order valence-corrected chi connectivity index (χ4v) is 4.59. The Morgan fingerprint density at radius 1 is 1.56 bits per heavy atom. The maximum Gasteiger partial charge on any atom is 0.169 e. The molecule has 2 heterocycles. The number of hydrogen-bond acceptors (Lipinski definition) is 8. The predicted molar refractivity (Wildman–Crippen MR) is 73.1 cm³/mol. The first-order valence-electron chi connectivity index (χ1n) is 5.34. The number of aromatic nitrogens is 2. The number of hydrogen-bond donors (Lipinski definition) is 2. The van der Waals surface area contributed by atoms with E-state index in [0.29, 0.717) is 23.9 Å². The van der Waals surface area contributed by atoms with Crippen LogP contribution < -0.4 is 16.2 Å². The van der Waals surface area contributed by atoms with Crippen LogP contribution in [0.2, 0.25) is 0 Å². The molecule has 1 fully saturated rings. The zero-order valence-electron chi connectivity index (χ0n) is 9.91. The second-order valence-corrected chi connectivity index (χ2v) is 7.31. The van der Waals surface area contributed by atoms with E-state index < -0.39 is 15.2 Å². The summed E-state index contributed by atoms with van der Waals surface area (Å²) >= 11 is 1.63. The van der Waals surface area contributed by atoms with Gasteiger partial charge in [-0.25, -0.2) is 19.2 Å². The van der Waals surface area contributed by atoms with Crippen LogP contribution in [0.25, 0.3) is 0 Å². The van der Waals surface area contributed by atoms with Crippen LogP contribution in [-0.4, -0.2) is 48.1 Å². The van der Waals surface area contributed by atoms with Gasteiger partial charge >= 0.3 is 0 Å². The molecule has 0 bridgehead atoms. The first-order chi connectivity index (χ1) is 8.52. The van der Waals surface area contributed by atoms with Gasteiger partial charge in [0, 0.05) is 24.3 Å². The van der Waals surface area contributed by atoms with E-state index >= 15 is 0 Å². The Balaban J connectivity index is 2.33. The first kappa shape index (κ1) is 13.4. The van der Waals surface area contributed by atoms with Crippen molar-refractivity contribution >= 4 is 33.2 Å². The molecule has 0 aromatic carbocycles. The summed E-state index contributed by atoms with van der Waals surface area (Å²) in [6.07, 6.45) is 4.28. The molecule has 3 N–H and O–H groups in total. The van der Waals surface area contributed by atoms with Gasteiger partial charge in [0.1, 0.15) is 5.37 Å². The van der Waals surface area contributed by atoms with Crippen LogP contribution >= 0.6 is 11.8 Å². The van der Waals surface area contributed by atoms with Crippen LogP contribution in [0.15, 0.2) is 12.4 Å². The molecule has 0 spiro atoms. The topological polar surface area (TPSA) is 101 Å². The number of sulfone groups is 1. The van der Waals surface area contributed by atoms with Crippen LogP contribution in [-0.2, 0) is 9.84 Å². The van der Waals surface area contributed by atoms with Crippen LogP contribution in [0, 0.1) is 0 Å². The summed E-state index contributed by atoms with van der Waals surface area (Å²) in [4.78, 5) is 9.99. The lowest BCUT2D eigenvalue weighted by molar-refractivity contribution is 0.583. The van der Waals surface area contributed by atoms with E-state index in [-0.39, 0.29) is 0 Å². The number of thioether (sulfide) groups is 1. The normalized spacial score (nSPS) is 20.8. The van der Waals surface area contributed by atoms with Gasteiger partial charge < -0.3 is 10.3 Å². The third-order valence-electron chi connectivity index (χ3n) is 2.64. The zero-order valence-corrected chi connectivity index (χ0v) is 11.5. The van der Waals surface area contributed by atoms with Crippen molar-refractivity contribution in [3.63, 3.8) is 0 Å². The van der Waals surface area contributed by atoms with Crippen molar-refractivity contribution in [3.05, 3.63) is 12.4 Å². The van der Waals surface area contributed by atoms with E-state index in [2.05, 4.69) is 15.4 Å². The molecule has 2 rings (SSSR count). The van der Waals surface area contributed by atoms with Crippen molar-refractivity contribution in [2.45, 2.75) is 5.37 Å². The molecule has 9 heteroatoms. The molecule has 18 heavy (non-hydrogen) atoms. The Morgan fingerprint density at radius 2 is 2.33 bits per heavy atom. The summed E-state index contributed by atoms with van der Waals surface area (Å²) in [7, 11) is -3.16. The predicted octanol–water partition coefficient (Wildman–Crippen LogP) is -0.314.